The average molecular weight is 279 g/mol. The van der Waals surface area contributed by atoms with Gasteiger partial charge < -0.3 is 19.9 Å². The lowest BCUT2D eigenvalue weighted by atomic mass is 10.1. The van der Waals surface area contributed by atoms with E-state index in [0.717, 1.165) is 12.2 Å². The molecule has 0 bridgehead atoms. The van der Waals surface area contributed by atoms with Gasteiger partial charge in [-0.3, -0.25) is 4.79 Å². The Bertz CT molecular complexity index is 524. The standard InChI is InChI=1S/C14H21N3O3/c1-4-20-14(19)12(15)13(18)17-8-7-16-9(2)5-6-11(16)10(17)3/h5-6,10,12H,4,7-8,15H2,1-3H3. The normalized spacial score (nSPS) is 19.4. The van der Waals surface area contributed by atoms with Crippen LogP contribution >= 0.6 is 0 Å². The van der Waals surface area contributed by atoms with Crippen LogP contribution in [0.15, 0.2) is 12.1 Å². The van der Waals surface area contributed by atoms with Gasteiger partial charge in [-0.25, -0.2) is 4.79 Å². The van der Waals surface area contributed by atoms with Gasteiger partial charge in [-0.2, -0.15) is 0 Å². The van der Waals surface area contributed by atoms with Crippen LogP contribution in [0, 0.1) is 6.92 Å². The van der Waals surface area contributed by atoms with E-state index < -0.39 is 12.0 Å². The second-order valence-electron chi connectivity index (χ2n) is 4.99. The number of rotatable bonds is 3. The second-order valence-corrected chi connectivity index (χ2v) is 4.99. The van der Waals surface area contributed by atoms with Crippen molar-refractivity contribution in [1.29, 1.82) is 0 Å². The van der Waals surface area contributed by atoms with Gasteiger partial charge in [0.05, 0.1) is 12.6 Å². The van der Waals surface area contributed by atoms with Crippen molar-refractivity contribution in [2.45, 2.75) is 39.4 Å². The van der Waals surface area contributed by atoms with E-state index in [-0.39, 0.29) is 18.6 Å². The summed E-state index contributed by atoms with van der Waals surface area (Å²) in [5.74, 6) is -1.04. The Labute approximate surface area is 118 Å². The summed E-state index contributed by atoms with van der Waals surface area (Å²) in [6.07, 6.45) is 0. The third-order valence-corrected chi connectivity index (χ3v) is 3.78. The molecule has 110 valence electrons. The van der Waals surface area contributed by atoms with Gasteiger partial charge in [-0.1, -0.05) is 0 Å². The molecule has 1 aromatic rings. The summed E-state index contributed by atoms with van der Waals surface area (Å²) >= 11 is 0. The van der Waals surface area contributed by atoms with Gasteiger partial charge in [-0.05, 0) is 32.9 Å². The van der Waals surface area contributed by atoms with E-state index in [1.54, 1.807) is 11.8 Å². The summed E-state index contributed by atoms with van der Waals surface area (Å²) < 4.78 is 6.99. The number of carbonyl (C=O) groups is 2. The largest absolute Gasteiger partial charge is 0.464 e. The van der Waals surface area contributed by atoms with Crippen molar-refractivity contribution in [3.63, 3.8) is 0 Å². The molecule has 1 aliphatic rings. The predicted octanol–water partition coefficient (Wildman–Crippen LogP) is 0.590. The zero-order valence-corrected chi connectivity index (χ0v) is 12.1. The summed E-state index contributed by atoms with van der Waals surface area (Å²) in [4.78, 5) is 25.6. The molecular formula is C14H21N3O3. The lowest BCUT2D eigenvalue weighted by Crippen LogP contribution is -2.52. The molecule has 0 saturated heterocycles. The fraction of sp³-hybridized carbons (Fsp3) is 0.571. The predicted molar refractivity (Wildman–Crippen MR) is 73.9 cm³/mol. The van der Waals surface area contributed by atoms with Crippen molar-refractivity contribution in [2.75, 3.05) is 13.2 Å². The van der Waals surface area contributed by atoms with Crippen LogP contribution in [0.2, 0.25) is 0 Å². The van der Waals surface area contributed by atoms with E-state index in [1.165, 1.54) is 5.69 Å². The Balaban J connectivity index is 2.15. The van der Waals surface area contributed by atoms with Crippen LogP contribution in [0.25, 0.3) is 0 Å². The highest BCUT2D eigenvalue weighted by Gasteiger charge is 2.34. The molecule has 0 spiro atoms. The molecule has 6 heteroatoms. The lowest BCUT2D eigenvalue weighted by molar-refractivity contribution is -0.152. The van der Waals surface area contributed by atoms with Gasteiger partial charge in [0.25, 0.3) is 5.91 Å². The van der Waals surface area contributed by atoms with Crippen LogP contribution in [0.4, 0.5) is 0 Å². The lowest BCUT2D eigenvalue weighted by Gasteiger charge is -2.36. The molecule has 2 rings (SSSR count). The first-order chi connectivity index (χ1) is 9.47. The van der Waals surface area contributed by atoms with Crippen LogP contribution in [0.3, 0.4) is 0 Å². The molecule has 20 heavy (non-hydrogen) atoms. The highest BCUT2D eigenvalue weighted by atomic mass is 16.5. The van der Waals surface area contributed by atoms with Crippen LogP contribution in [0.5, 0.6) is 0 Å². The van der Waals surface area contributed by atoms with Crippen molar-refractivity contribution < 1.29 is 14.3 Å². The van der Waals surface area contributed by atoms with E-state index in [1.807, 2.05) is 26.0 Å². The number of amides is 1. The first-order valence-electron chi connectivity index (χ1n) is 6.86. The topological polar surface area (TPSA) is 77.6 Å². The Hall–Kier alpha value is -1.82. The molecule has 2 atom stereocenters. The molecule has 2 heterocycles. The first kappa shape index (κ1) is 14.6. The molecule has 2 N–H and O–H groups in total. The van der Waals surface area contributed by atoms with Crippen molar-refractivity contribution in [3.05, 3.63) is 23.5 Å². The van der Waals surface area contributed by atoms with Crippen molar-refractivity contribution in [2.24, 2.45) is 5.73 Å². The summed E-state index contributed by atoms with van der Waals surface area (Å²) in [5, 5.41) is 0. The van der Waals surface area contributed by atoms with Crippen LogP contribution in [0.1, 0.15) is 31.3 Å². The monoisotopic (exact) mass is 279 g/mol. The minimum Gasteiger partial charge on any atom is -0.464 e. The van der Waals surface area contributed by atoms with Gasteiger partial charge in [0.1, 0.15) is 0 Å². The molecule has 0 saturated carbocycles. The molecule has 2 unspecified atom stereocenters. The molecule has 1 aliphatic heterocycles. The van der Waals surface area contributed by atoms with E-state index in [9.17, 15) is 9.59 Å². The van der Waals surface area contributed by atoms with Crippen LogP contribution in [-0.2, 0) is 20.9 Å². The third-order valence-electron chi connectivity index (χ3n) is 3.78. The third kappa shape index (κ3) is 2.43. The molecule has 0 aliphatic carbocycles. The number of aryl methyl sites for hydroxylation is 1. The van der Waals surface area contributed by atoms with Crippen LogP contribution < -0.4 is 5.73 Å². The van der Waals surface area contributed by atoms with Gasteiger partial charge in [0, 0.05) is 24.5 Å². The number of nitrogens with zero attached hydrogens (tertiary/aromatic N) is 2. The molecular weight excluding hydrogens is 258 g/mol. The maximum Gasteiger partial charge on any atom is 0.332 e. The highest BCUT2D eigenvalue weighted by molar-refractivity contribution is 6.01. The SMILES string of the molecule is CCOC(=O)C(N)C(=O)N1CCn2c(C)ccc2C1C. The summed E-state index contributed by atoms with van der Waals surface area (Å²) in [6.45, 7) is 7.17. The Morgan fingerprint density at radius 2 is 2.15 bits per heavy atom. The minimum atomic E-state index is -1.24. The molecule has 1 amide bonds. The van der Waals surface area contributed by atoms with E-state index in [4.69, 9.17) is 10.5 Å². The van der Waals surface area contributed by atoms with Crippen molar-refractivity contribution in [3.8, 4) is 0 Å². The van der Waals surface area contributed by atoms with E-state index in [0.29, 0.717) is 6.54 Å². The Morgan fingerprint density at radius 3 is 2.80 bits per heavy atom. The Morgan fingerprint density at radius 1 is 1.45 bits per heavy atom. The van der Waals surface area contributed by atoms with Gasteiger partial charge in [0.15, 0.2) is 6.04 Å². The average Bonchev–Trinajstić information content (AvgIpc) is 2.80. The van der Waals surface area contributed by atoms with Gasteiger partial charge in [-0.15, -0.1) is 0 Å². The molecule has 6 nitrogen and oxygen atoms in total. The fourth-order valence-electron chi connectivity index (χ4n) is 2.63. The maximum absolute atomic E-state index is 12.3. The Kier molecular flexibility index (Phi) is 4.13. The maximum atomic E-state index is 12.3. The molecule has 0 radical (unpaired) electrons. The zero-order valence-electron chi connectivity index (χ0n) is 12.1. The van der Waals surface area contributed by atoms with E-state index in [2.05, 4.69) is 4.57 Å². The summed E-state index contributed by atoms with van der Waals surface area (Å²) in [7, 11) is 0. The zero-order chi connectivity index (χ0) is 14.9. The number of fused-ring (bicyclic) bond motifs is 1. The number of hydrogen-bond donors (Lipinski definition) is 1. The fourth-order valence-corrected chi connectivity index (χ4v) is 2.63. The second kappa shape index (κ2) is 5.66. The first-order valence-corrected chi connectivity index (χ1v) is 6.86. The number of esters is 1. The number of aromatic nitrogens is 1. The highest BCUT2D eigenvalue weighted by Crippen LogP contribution is 2.27. The smallest absolute Gasteiger partial charge is 0.332 e. The number of hydrogen-bond acceptors (Lipinski definition) is 4. The van der Waals surface area contributed by atoms with Crippen molar-refractivity contribution >= 4 is 11.9 Å². The molecule has 0 aromatic carbocycles. The van der Waals surface area contributed by atoms with Gasteiger partial charge in [0.2, 0.25) is 0 Å². The molecule has 0 fully saturated rings. The van der Waals surface area contributed by atoms with Gasteiger partial charge >= 0.3 is 5.97 Å². The number of nitrogens with two attached hydrogens (primary N) is 1. The number of ether oxygens (including phenoxy) is 1. The molecule has 1 aromatic heterocycles. The van der Waals surface area contributed by atoms with Crippen molar-refractivity contribution in [1.82, 2.24) is 9.47 Å². The number of carbonyl (C=O) groups excluding carboxylic acids is 2. The summed E-state index contributed by atoms with van der Waals surface area (Å²) in [6, 6.07) is 2.71. The minimum absolute atomic E-state index is 0.0922. The summed E-state index contributed by atoms with van der Waals surface area (Å²) in [5.41, 5.74) is 7.93. The van der Waals surface area contributed by atoms with E-state index >= 15 is 0 Å². The van der Waals surface area contributed by atoms with Crippen LogP contribution in [-0.4, -0.2) is 40.5 Å². The quantitative estimate of drug-likeness (QED) is 0.649.